The molecule has 0 aliphatic carbocycles. The van der Waals surface area contributed by atoms with E-state index in [1.165, 1.54) is 30.3 Å². The molecule has 0 fully saturated rings. The van der Waals surface area contributed by atoms with Gasteiger partial charge in [0.1, 0.15) is 5.75 Å². The number of aromatic hydroxyl groups is 1. The highest BCUT2D eigenvalue weighted by molar-refractivity contribution is 9.10. The molecule has 0 aliphatic heterocycles. The molecule has 5 aromatic carbocycles. The van der Waals surface area contributed by atoms with Crippen LogP contribution < -0.4 is 0 Å². The molecule has 5 rings (SSSR count). The second-order valence-electron chi connectivity index (χ2n) is 9.89. The monoisotopic (exact) mass is 820 g/mol. The van der Waals surface area contributed by atoms with E-state index in [-0.39, 0.29) is 33.9 Å². The zero-order valence-corrected chi connectivity index (χ0v) is 29.3. The zero-order chi connectivity index (χ0) is 40.1. The van der Waals surface area contributed by atoms with Gasteiger partial charge in [0.25, 0.3) is 0 Å². The number of phenols is 1. The van der Waals surface area contributed by atoms with E-state index < -0.39 is 41.6 Å². The highest BCUT2D eigenvalue weighted by Crippen LogP contribution is 2.29. The molecule has 53 heavy (non-hydrogen) atoms. The van der Waals surface area contributed by atoms with Crippen LogP contribution in [0.5, 0.6) is 5.75 Å². The van der Waals surface area contributed by atoms with Crippen molar-refractivity contribution in [3.05, 3.63) is 170 Å². The van der Waals surface area contributed by atoms with E-state index in [0.29, 0.717) is 11.6 Å². The predicted octanol–water partition coefficient (Wildman–Crippen LogP) is 8.99. The Labute approximate surface area is 312 Å². The number of aromatic carboxylic acids is 4. The van der Waals surface area contributed by atoms with Crippen LogP contribution in [0.25, 0.3) is 0 Å². The molecule has 278 valence electrons. The summed E-state index contributed by atoms with van der Waals surface area (Å²) in [4.78, 5) is 51.3. The van der Waals surface area contributed by atoms with Crippen LogP contribution in [-0.4, -0.2) is 60.5 Å². The lowest BCUT2D eigenvalue weighted by atomic mass is 10.1. The Hall–Kier alpha value is -6.19. The highest BCUT2D eigenvalue weighted by atomic mass is 79.9. The SMILES string of the molecule is O=C(O)Cc1ccccc1.O=C(O)c1ccc(Br)cc1.O=C(O)c1ccc(O)cc1.O=C(O)c1cccc(C(F)(F)F)c1.O=C(O)c1ccccc1Cl. The van der Waals surface area contributed by atoms with Crippen molar-refractivity contribution < 1.29 is 67.8 Å². The number of alkyl halides is 3. The number of hydrogen-bond acceptors (Lipinski definition) is 6. The number of carbonyl (C=O) groups is 5. The minimum Gasteiger partial charge on any atom is -0.508 e. The topological polar surface area (TPSA) is 207 Å². The number of benzene rings is 5. The van der Waals surface area contributed by atoms with Gasteiger partial charge in [0.15, 0.2) is 0 Å². The maximum atomic E-state index is 12.0. The number of aliphatic carboxylic acids is 1. The van der Waals surface area contributed by atoms with Gasteiger partial charge in [-0.25, -0.2) is 19.2 Å². The van der Waals surface area contributed by atoms with Crippen LogP contribution in [0.1, 0.15) is 52.6 Å². The molecule has 6 N–H and O–H groups in total. The first-order chi connectivity index (χ1) is 24.8. The second kappa shape index (κ2) is 22.6. The first-order valence-corrected chi connectivity index (χ1v) is 15.6. The molecule has 0 saturated heterocycles. The molecule has 5 aromatic rings. The van der Waals surface area contributed by atoms with Gasteiger partial charge in [-0.05, 0) is 84.4 Å². The summed E-state index contributed by atoms with van der Waals surface area (Å²) in [5, 5.41) is 51.1. The van der Waals surface area contributed by atoms with Crippen molar-refractivity contribution in [3.8, 4) is 5.75 Å². The van der Waals surface area contributed by atoms with E-state index in [0.717, 1.165) is 28.2 Å². The van der Waals surface area contributed by atoms with E-state index in [4.69, 9.17) is 42.2 Å². The molecule has 0 bridgehead atoms. The summed E-state index contributed by atoms with van der Waals surface area (Å²) in [5.41, 5.74) is 0.155. The number of hydrogen-bond donors (Lipinski definition) is 6. The lowest BCUT2D eigenvalue weighted by Gasteiger charge is -2.06. The third kappa shape index (κ3) is 18.6. The van der Waals surface area contributed by atoms with E-state index in [1.54, 1.807) is 54.6 Å². The quantitative estimate of drug-likeness (QED) is 0.0953. The van der Waals surface area contributed by atoms with Crippen LogP contribution >= 0.6 is 27.5 Å². The molecule has 0 aromatic heterocycles. The lowest BCUT2D eigenvalue weighted by Crippen LogP contribution is -2.06. The minimum atomic E-state index is -4.49. The highest BCUT2D eigenvalue weighted by Gasteiger charge is 2.30. The number of phenolic OH excluding ortho intramolecular Hbond substituents is 1. The van der Waals surface area contributed by atoms with Gasteiger partial charge < -0.3 is 30.6 Å². The molecule has 0 saturated carbocycles. The number of halogens is 5. The Kier molecular flexibility index (Phi) is 19.1. The van der Waals surface area contributed by atoms with Crippen LogP contribution in [-0.2, 0) is 17.4 Å². The maximum absolute atomic E-state index is 12.0. The summed E-state index contributed by atoms with van der Waals surface area (Å²) in [6, 6.07) is 30.9. The van der Waals surface area contributed by atoms with Crippen molar-refractivity contribution in [2.24, 2.45) is 0 Å². The Bertz CT molecular complexity index is 1900. The second-order valence-corrected chi connectivity index (χ2v) is 11.2. The molecule has 0 unspecified atom stereocenters. The smallest absolute Gasteiger partial charge is 0.416 e. The van der Waals surface area contributed by atoms with Crippen molar-refractivity contribution in [3.63, 3.8) is 0 Å². The molecule has 16 heteroatoms. The summed E-state index contributed by atoms with van der Waals surface area (Å²) < 4.78 is 37.0. The number of carboxylic acids is 5. The third-order valence-electron chi connectivity index (χ3n) is 5.94. The van der Waals surface area contributed by atoms with E-state index in [1.807, 2.05) is 18.2 Å². The standard InChI is InChI=1S/C8H5F3O2.C8H8O2.C7H5BrO2.C7H5ClO2.C7H6O3/c9-8(10,11)6-3-1-2-5(4-6)7(12)13;9-8(10)6-7-4-2-1-3-5-7;8-6-3-1-5(2-4-6)7(9)10;8-6-4-2-1-3-5(6)7(9)10;8-6-3-1-5(2-4-6)7(9)10/h1-4H,(H,12,13);1-5H,6H2,(H,9,10);2*1-4H,(H,9,10);1-4,8H,(H,9,10). The van der Waals surface area contributed by atoms with Crippen LogP contribution in [0.4, 0.5) is 13.2 Å². The summed E-state index contributed by atoms with van der Waals surface area (Å²) in [6.07, 6.45) is -4.38. The van der Waals surface area contributed by atoms with Crippen molar-refractivity contribution in [1.29, 1.82) is 0 Å². The lowest BCUT2D eigenvalue weighted by molar-refractivity contribution is -0.138. The van der Waals surface area contributed by atoms with Crippen molar-refractivity contribution >= 4 is 57.4 Å². The summed E-state index contributed by atoms with van der Waals surface area (Å²) in [7, 11) is 0. The van der Waals surface area contributed by atoms with Gasteiger partial charge in [-0.15, -0.1) is 0 Å². The van der Waals surface area contributed by atoms with E-state index in [9.17, 15) is 37.1 Å². The van der Waals surface area contributed by atoms with Gasteiger partial charge in [-0.1, -0.05) is 76.1 Å². The normalized spacial score (nSPS) is 9.75. The summed E-state index contributed by atoms with van der Waals surface area (Å²) >= 11 is 8.74. The van der Waals surface area contributed by atoms with E-state index in [2.05, 4.69) is 15.9 Å². The third-order valence-corrected chi connectivity index (χ3v) is 6.80. The summed E-state index contributed by atoms with van der Waals surface area (Å²) in [6.45, 7) is 0. The number of rotatable bonds is 6. The zero-order valence-electron chi connectivity index (χ0n) is 26.9. The Balaban J connectivity index is 0.000000333. The molecule has 0 aliphatic rings. The fourth-order valence-electron chi connectivity index (χ4n) is 3.43. The Morgan fingerprint density at radius 1 is 0.566 bits per heavy atom. The average Bonchev–Trinajstić information content (AvgIpc) is 3.10. The minimum absolute atomic E-state index is 0.0741. The van der Waals surface area contributed by atoms with Crippen LogP contribution in [0, 0.1) is 0 Å². The molecule has 0 radical (unpaired) electrons. The molecule has 11 nitrogen and oxygen atoms in total. The van der Waals surface area contributed by atoms with Gasteiger partial charge in [0, 0.05) is 4.47 Å². The van der Waals surface area contributed by atoms with Crippen molar-refractivity contribution in [2.45, 2.75) is 12.6 Å². The van der Waals surface area contributed by atoms with Crippen LogP contribution in [0.3, 0.4) is 0 Å². The molecular weight excluding hydrogens is 793 g/mol. The predicted molar refractivity (Wildman–Crippen MR) is 191 cm³/mol. The molecule has 0 atom stereocenters. The number of carboxylic acid groups (broad SMARTS) is 5. The molecular formula is C37H29BrClF3O11. The average molecular weight is 822 g/mol. The van der Waals surface area contributed by atoms with Gasteiger partial charge in [-0.3, -0.25) is 4.79 Å². The van der Waals surface area contributed by atoms with Gasteiger partial charge in [0.05, 0.1) is 39.3 Å². The maximum Gasteiger partial charge on any atom is 0.416 e. The van der Waals surface area contributed by atoms with Gasteiger partial charge in [-0.2, -0.15) is 13.2 Å². The molecule has 0 heterocycles. The van der Waals surface area contributed by atoms with Crippen molar-refractivity contribution in [1.82, 2.24) is 0 Å². The van der Waals surface area contributed by atoms with Gasteiger partial charge >= 0.3 is 36.0 Å². The first kappa shape index (κ1) is 44.8. The summed E-state index contributed by atoms with van der Waals surface area (Å²) in [5.74, 6) is -4.96. The first-order valence-electron chi connectivity index (χ1n) is 14.5. The van der Waals surface area contributed by atoms with Gasteiger partial charge in [0.2, 0.25) is 0 Å². The fraction of sp³-hybridized carbons (Fsp3) is 0.0541. The van der Waals surface area contributed by atoms with E-state index >= 15 is 0 Å². The largest absolute Gasteiger partial charge is 0.508 e. The Morgan fingerprint density at radius 3 is 1.45 bits per heavy atom. The van der Waals surface area contributed by atoms with Crippen molar-refractivity contribution in [2.75, 3.05) is 0 Å². The molecule has 0 spiro atoms. The van der Waals surface area contributed by atoms with Crippen LogP contribution in [0.2, 0.25) is 5.02 Å². The Morgan fingerprint density at radius 2 is 1.04 bits per heavy atom. The molecule has 0 amide bonds. The fourth-order valence-corrected chi connectivity index (χ4v) is 3.91. The van der Waals surface area contributed by atoms with Crippen LogP contribution in [0.15, 0.2) is 132 Å².